The third kappa shape index (κ3) is 4.33. The SMILES string of the molecule is C=CCN(C(=O)C1N(CCCCCO)C(=O)[C@@H]2[C@H](C(=O)OCC)[C@]3(C)CCC12S3)C(C)(C)C. The van der Waals surface area contributed by atoms with E-state index in [9.17, 15) is 14.4 Å². The van der Waals surface area contributed by atoms with Crippen LogP contribution in [-0.2, 0) is 19.1 Å². The van der Waals surface area contributed by atoms with Crippen LogP contribution in [-0.4, -0.2) is 80.1 Å². The molecule has 186 valence electrons. The Morgan fingerprint density at radius 1 is 1.30 bits per heavy atom. The number of amides is 2. The van der Waals surface area contributed by atoms with Gasteiger partial charge in [0.2, 0.25) is 11.8 Å². The Labute approximate surface area is 202 Å². The van der Waals surface area contributed by atoms with Gasteiger partial charge in [-0.15, -0.1) is 18.3 Å². The second kappa shape index (κ2) is 9.61. The van der Waals surface area contributed by atoms with E-state index in [1.165, 1.54) is 0 Å². The van der Waals surface area contributed by atoms with Crippen LogP contribution >= 0.6 is 11.8 Å². The van der Waals surface area contributed by atoms with Crippen molar-refractivity contribution in [2.45, 2.75) is 87.8 Å². The monoisotopic (exact) mass is 480 g/mol. The number of likely N-dealkylation sites (tertiary alicyclic amines) is 1. The standard InChI is InChI=1S/C25H40N2O5S/c1-7-14-27(23(3,4)5)21(30)19-25-13-12-24(6,33-25)18(22(31)32-8-2)17(25)20(29)26(19)15-10-9-11-16-28/h7,17-19,28H,1,8-16H2,2-6H3/t17-,18+,19?,24-,25?/m0/s1. The fraction of sp³-hybridized carbons (Fsp3) is 0.800. The highest BCUT2D eigenvalue weighted by molar-refractivity contribution is 8.02. The number of aliphatic hydroxyl groups excluding tert-OH is 1. The fourth-order valence-corrected chi connectivity index (χ4v) is 8.42. The molecule has 1 spiro atoms. The Morgan fingerprint density at radius 3 is 2.58 bits per heavy atom. The van der Waals surface area contributed by atoms with Crippen LogP contribution in [0.3, 0.4) is 0 Å². The molecule has 33 heavy (non-hydrogen) atoms. The van der Waals surface area contributed by atoms with Crippen LogP contribution in [0.2, 0.25) is 0 Å². The van der Waals surface area contributed by atoms with Gasteiger partial charge >= 0.3 is 5.97 Å². The van der Waals surface area contributed by atoms with Crippen LogP contribution in [0.15, 0.2) is 12.7 Å². The molecular weight excluding hydrogens is 440 g/mol. The van der Waals surface area contributed by atoms with Crippen LogP contribution in [0.5, 0.6) is 0 Å². The zero-order valence-electron chi connectivity index (χ0n) is 20.8. The summed E-state index contributed by atoms with van der Waals surface area (Å²) in [5.41, 5.74) is -0.433. The van der Waals surface area contributed by atoms with Crippen molar-refractivity contribution in [3.8, 4) is 0 Å². The lowest BCUT2D eigenvalue weighted by Crippen LogP contribution is -2.58. The molecule has 3 aliphatic rings. The number of carbonyl (C=O) groups excluding carboxylic acids is 3. The number of hydrogen-bond acceptors (Lipinski definition) is 6. The Balaban J connectivity index is 2.04. The average Bonchev–Trinajstić information content (AvgIpc) is 3.29. The van der Waals surface area contributed by atoms with Gasteiger partial charge in [0.25, 0.3) is 0 Å². The number of thioether (sulfide) groups is 1. The van der Waals surface area contributed by atoms with E-state index in [0.717, 1.165) is 19.3 Å². The molecule has 3 fully saturated rings. The molecule has 5 atom stereocenters. The number of nitrogens with zero attached hydrogens (tertiary/aromatic N) is 2. The Kier molecular flexibility index (Phi) is 7.59. The zero-order chi connectivity index (χ0) is 24.6. The topological polar surface area (TPSA) is 87.2 Å². The summed E-state index contributed by atoms with van der Waals surface area (Å²) in [5.74, 6) is -1.57. The molecular formula is C25H40N2O5S. The number of ether oxygens (including phenoxy) is 1. The van der Waals surface area contributed by atoms with Crippen LogP contribution in [0.25, 0.3) is 0 Å². The maximum absolute atomic E-state index is 14.2. The number of rotatable bonds is 10. The van der Waals surface area contributed by atoms with E-state index in [1.54, 1.807) is 29.7 Å². The van der Waals surface area contributed by atoms with Crippen molar-refractivity contribution in [2.75, 3.05) is 26.3 Å². The largest absolute Gasteiger partial charge is 0.466 e. The highest BCUT2D eigenvalue weighted by atomic mass is 32.2. The number of hydrogen-bond donors (Lipinski definition) is 1. The summed E-state index contributed by atoms with van der Waals surface area (Å²) in [5, 5.41) is 9.16. The van der Waals surface area contributed by atoms with Gasteiger partial charge in [0.05, 0.1) is 23.2 Å². The minimum absolute atomic E-state index is 0.0679. The average molecular weight is 481 g/mol. The van der Waals surface area contributed by atoms with Crippen molar-refractivity contribution in [3.63, 3.8) is 0 Å². The lowest BCUT2D eigenvalue weighted by molar-refractivity contribution is -0.155. The zero-order valence-corrected chi connectivity index (χ0v) is 21.6. The molecule has 3 saturated heterocycles. The minimum atomic E-state index is -0.623. The van der Waals surface area contributed by atoms with Crippen molar-refractivity contribution < 1.29 is 24.2 Å². The van der Waals surface area contributed by atoms with Crippen LogP contribution in [0.4, 0.5) is 0 Å². The van der Waals surface area contributed by atoms with Gasteiger partial charge in [-0.3, -0.25) is 14.4 Å². The smallest absolute Gasteiger partial charge is 0.311 e. The van der Waals surface area contributed by atoms with E-state index in [4.69, 9.17) is 9.84 Å². The first-order valence-electron chi connectivity index (χ1n) is 12.2. The summed E-state index contributed by atoms with van der Waals surface area (Å²) >= 11 is 1.67. The maximum Gasteiger partial charge on any atom is 0.311 e. The molecule has 3 heterocycles. The van der Waals surface area contributed by atoms with Gasteiger partial charge < -0.3 is 19.6 Å². The lowest BCUT2D eigenvalue weighted by atomic mass is 9.66. The van der Waals surface area contributed by atoms with Crippen molar-refractivity contribution in [3.05, 3.63) is 12.7 Å². The van der Waals surface area contributed by atoms with E-state index in [1.807, 2.05) is 25.7 Å². The first kappa shape index (κ1) is 26.1. The normalized spacial score (nSPS) is 32.7. The minimum Gasteiger partial charge on any atom is -0.466 e. The number of esters is 1. The number of unbranched alkanes of at least 4 members (excludes halogenated alkanes) is 2. The van der Waals surface area contributed by atoms with E-state index in [0.29, 0.717) is 25.9 Å². The second-order valence-electron chi connectivity index (χ2n) is 10.7. The summed E-state index contributed by atoms with van der Waals surface area (Å²) in [6.07, 6.45) is 5.39. The van der Waals surface area contributed by atoms with Gasteiger partial charge in [-0.1, -0.05) is 6.08 Å². The molecule has 0 radical (unpaired) electrons. The molecule has 2 bridgehead atoms. The van der Waals surface area contributed by atoms with Crippen molar-refractivity contribution in [2.24, 2.45) is 11.8 Å². The summed E-state index contributed by atoms with van der Waals surface area (Å²) in [6.45, 7) is 14.9. The van der Waals surface area contributed by atoms with Gasteiger partial charge in [0.15, 0.2) is 0 Å². The predicted octanol–water partition coefficient (Wildman–Crippen LogP) is 3.01. The van der Waals surface area contributed by atoms with E-state index in [2.05, 4.69) is 13.5 Å². The number of fused-ring (bicyclic) bond motifs is 1. The fourth-order valence-electron chi connectivity index (χ4n) is 6.08. The van der Waals surface area contributed by atoms with Gasteiger partial charge in [-0.2, -0.15) is 0 Å². The lowest BCUT2D eigenvalue weighted by Gasteiger charge is -2.42. The Morgan fingerprint density at radius 2 is 2.00 bits per heavy atom. The second-order valence-corrected chi connectivity index (χ2v) is 12.6. The highest BCUT2D eigenvalue weighted by Gasteiger charge is 2.77. The molecule has 0 aliphatic carbocycles. The van der Waals surface area contributed by atoms with Crippen molar-refractivity contribution >= 4 is 29.5 Å². The van der Waals surface area contributed by atoms with Crippen molar-refractivity contribution in [1.29, 1.82) is 0 Å². The molecule has 0 aromatic carbocycles. The molecule has 7 nitrogen and oxygen atoms in total. The van der Waals surface area contributed by atoms with Gasteiger partial charge in [0, 0.05) is 30.0 Å². The Hall–Kier alpha value is -1.54. The van der Waals surface area contributed by atoms with E-state index < -0.39 is 32.9 Å². The molecule has 3 rings (SSSR count). The van der Waals surface area contributed by atoms with Crippen LogP contribution < -0.4 is 0 Å². The summed E-state index contributed by atoms with van der Waals surface area (Å²) in [4.78, 5) is 44.7. The molecule has 0 saturated carbocycles. The summed E-state index contributed by atoms with van der Waals surface area (Å²) in [6, 6.07) is -0.616. The third-order valence-corrected chi connectivity index (χ3v) is 9.48. The number of aliphatic hydroxyl groups is 1. The molecule has 2 amide bonds. The van der Waals surface area contributed by atoms with Gasteiger partial charge in [-0.25, -0.2) is 0 Å². The van der Waals surface area contributed by atoms with Crippen molar-refractivity contribution in [1.82, 2.24) is 9.80 Å². The first-order chi connectivity index (χ1) is 15.5. The third-order valence-electron chi connectivity index (χ3n) is 7.50. The maximum atomic E-state index is 14.2. The molecule has 1 N–H and O–H groups in total. The van der Waals surface area contributed by atoms with Gasteiger partial charge in [0.1, 0.15) is 6.04 Å². The Bertz CT molecular complexity index is 796. The predicted molar refractivity (Wildman–Crippen MR) is 130 cm³/mol. The summed E-state index contributed by atoms with van der Waals surface area (Å²) in [7, 11) is 0. The molecule has 8 heteroatoms. The van der Waals surface area contributed by atoms with E-state index in [-0.39, 0.29) is 31.0 Å². The van der Waals surface area contributed by atoms with Crippen LogP contribution in [0, 0.1) is 11.8 Å². The van der Waals surface area contributed by atoms with Gasteiger partial charge in [-0.05, 0) is 66.7 Å². The molecule has 2 unspecified atom stereocenters. The molecule has 0 aromatic rings. The number of carbonyl (C=O) groups is 3. The first-order valence-corrected chi connectivity index (χ1v) is 13.0. The quantitative estimate of drug-likeness (QED) is 0.294. The summed E-state index contributed by atoms with van der Waals surface area (Å²) < 4.78 is 4.40. The van der Waals surface area contributed by atoms with E-state index >= 15 is 0 Å². The molecule has 0 aromatic heterocycles. The highest BCUT2D eigenvalue weighted by Crippen LogP contribution is 2.71. The molecule has 3 aliphatic heterocycles. The van der Waals surface area contributed by atoms with Crippen LogP contribution in [0.1, 0.15) is 66.7 Å².